The highest BCUT2D eigenvalue weighted by Gasteiger charge is 2.32. The van der Waals surface area contributed by atoms with Crippen molar-refractivity contribution in [3.8, 4) is 0 Å². The molecule has 3 rings (SSSR count). The summed E-state index contributed by atoms with van der Waals surface area (Å²) in [5.41, 5.74) is 2.67. The summed E-state index contributed by atoms with van der Waals surface area (Å²) in [6.45, 7) is 11.1. The SMILES string of the molecule is CC1=C(/C=C/C(C)=C/C=C/C(C)=C/C(=O)Nc2c(F)c(F)c(F)c(F)c2F)C(C)(C)CCC1Cn1ccnc1.[HH]. The molecule has 1 aromatic heterocycles. The second-order valence-electron chi connectivity index (χ2n) is 10.4. The number of amides is 1. The predicted molar refractivity (Wildman–Crippen MR) is 144 cm³/mol. The summed E-state index contributed by atoms with van der Waals surface area (Å²) < 4.78 is 69.5. The van der Waals surface area contributed by atoms with Crippen LogP contribution in [-0.4, -0.2) is 15.5 Å². The van der Waals surface area contributed by atoms with Crippen molar-refractivity contribution < 1.29 is 28.2 Å². The zero-order chi connectivity index (χ0) is 28.9. The number of carbonyl (C=O) groups excluding carboxylic acids is 1. The molecule has 1 aliphatic carbocycles. The van der Waals surface area contributed by atoms with Crippen LogP contribution < -0.4 is 5.32 Å². The summed E-state index contributed by atoms with van der Waals surface area (Å²) in [6.07, 6.45) is 18.1. The molecule has 0 radical (unpaired) electrons. The van der Waals surface area contributed by atoms with Gasteiger partial charge in [0, 0.05) is 26.4 Å². The van der Waals surface area contributed by atoms with Crippen molar-refractivity contribution in [2.75, 3.05) is 5.32 Å². The van der Waals surface area contributed by atoms with E-state index in [4.69, 9.17) is 0 Å². The van der Waals surface area contributed by atoms with Crippen LogP contribution in [0.2, 0.25) is 0 Å². The molecule has 0 saturated heterocycles. The van der Waals surface area contributed by atoms with Crippen LogP contribution in [-0.2, 0) is 11.3 Å². The number of rotatable bonds is 8. The van der Waals surface area contributed by atoms with Gasteiger partial charge in [-0.2, -0.15) is 0 Å². The molecule has 9 heteroatoms. The van der Waals surface area contributed by atoms with Gasteiger partial charge in [-0.1, -0.05) is 55.4 Å². The van der Waals surface area contributed by atoms with Gasteiger partial charge in [-0.05, 0) is 56.1 Å². The second-order valence-corrected chi connectivity index (χ2v) is 10.4. The number of carbonyl (C=O) groups is 1. The molecule has 0 fully saturated rings. The van der Waals surface area contributed by atoms with E-state index in [0.29, 0.717) is 11.5 Å². The summed E-state index contributed by atoms with van der Waals surface area (Å²) in [5.74, 6) is -11.4. The number of nitrogens with zero attached hydrogens (tertiary/aromatic N) is 2. The molecule has 1 amide bonds. The van der Waals surface area contributed by atoms with Crippen molar-refractivity contribution in [1.82, 2.24) is 9.55 Å². The fourth-order valence-corrected chi connectivity index (χ4v) is 4.63. The molecule has 4 nitrogen and oxygen atoms in total. The quantitative estimate of drug-likeness (QED) is 0.119. The maximum Gasteiger partial charge on any atom is 0.248 e. The number of halogens is 5. The minimum absolute atomic E-state index is 0. The lowest BCUT2D eigenvalue weighted by Crippen LogP contribution is -2.26. The molecule has 1 aromatic carbocycles. The third kappa shape index (κ3) is 7.22. The summed E-state index contributed by atoms with van der Waals surface area (Å²) in [5, 5.41) is 1.72. The Kier molecular flexibility index (Phi) is 9.48. The Morgan fingerprint density at radius 2 is 1.72 bits per heavy atom. The Hall–Kier alpha value is -3.75. The molecular weight excluding hydrogens is 513 g/mol. The summed E-state index contributed by atoms with van der Waals surface area (Å²) in [7, 11) is 0. The van der Waals surface area contributed by atoms with Crippen molar-refractivity contribution in [1.29, 1.82) is 0 Å². The van der Waals surface area contributed by atoms with E-state index in [0.717, 1.165) is 31.0 Å². The number of allylic oxidation sites excluding steroid dienone is 9. The minimum atomic E-state index is -2.29. The molecule has 1 N–H and O–H groups in total. The smallest absolute Gasteiger partial charge is 0.248 e. The molecule has 39 heavy (non-hydrogen) atoms. The average Bonchev–Trinajstić information content (AvgIpc) is 3.39. The van der Waals surface area contributed by atoms with Gasteiger partial charge in [-0.25, -0.2) is 26.9 Å². The van der Waals surface area contributed by atoms with Gasteiger partial charge in [0.05, 0.1) is 6.33 Å². The number of aromatic nitrogens is 2. The monoisotopic (exact) mass is 547 g/mol. The van der Waals surface area contributed by atoms with E-state index in [1.165, 1.54) is 11.1 Å². The molecule has 210 valence electrons. The van der Waals surface area contributed by atoms with Crippen LogP contribution in [0, 0.1) is 40.4 Å². The first-order chi connectivity index (χ1) is 18.3. The van der Waals surface area contributed by atoms with Crippen LogP contribution >= 0.6 is 0 Å². The van der Waals surface area contributed by atoms with E-state index in [9.17, 15) is 26.7 Å². The minimum Gasteiger partial charge on any atom is -0.337 e. The van der Waals surface area contributed by atoms with E-state index >= 15 is 0 Å². The number of benzene rings is 1. The zero-order valence-corrected chi connectivity index (χ0v) is 22.6. The number of hydrogen-bond acceptors (Lipinski definition) is 2. The normalized spacial score (nSPS) is 18.5. The second kappa shape index (κ2) is 12.4. The van der Waals surface area contributed by atoms with Gasteiger partial charge < -0.3 is 9.88 Å². The van der Waals surface area contributed by atoms with Crippen LogP contribution in [0.25, 0.3) is 0 Å². The highest BCUT2D eigenvalue weighted by Crippen LogP contribution is 2.44. The van der Waals surface area contributed by atoms with Crippen LogP contribution in [0.15, 0.2) is 77.5 Å². The maximum atomic E-state index is 13.8. The summed E-state index contributed by atoms with van der Waals surface area (Å²) in [4.78, 5) is 16.2. The lowest BCUT2D eigenvalue weighted by molar-refractivity contribution is -0.112. The van der Waals surface area contributed by atoms with Gasteiger partial charge in [0.1, 0.15) is 5.69 Å². The number of hydrogen-bond donors (Lipinski definition) is 1. The highest BCUT2D eigenvalue weighted by molar-refractivity contribution is 6.00. The van der Waals surface area contributed by atoms with Gasteiger partial charge >= 0.3 is 0 Å². The van der Waals surface area contributed by atoms with Crippen molar-refractivity contribution in [2.45, 2.75) is 54.0 Å². The van der Waals surface area contributed by atoms with Crippen molar-refractivity contribution in [3.63, 3.8) is 0 Å². The lowest BCUT2D eigenvalue weighted by Gasteiger charge is -2.37. The molecular formula is C30H34F5N3O. The number of imidazole rings is 1. The van der Waals surface area contributed by atoms with Gasteiger partial charge in [0.25, 0.3) is 0 Å². The Morgan fingerprint density at radius 3 is 2.33 bits per heavy atom. The highest BCUT2D eigenvalue weighted by atomic mass is 19.2. The van der Waals surface area contributed by atoms with Gasteiger partial charge in [0.15, 0.2) is 23.3 Å². The van der Waals surface area contributed by atoms with E-state index in [1.807, 2.05) is 31.6 Å². The van der Waals surface area contributed by atoms with Crippen molar-refractivity contribution in [2.24, 2.45) is 11.3 Å². The molecule has 1 aliphatic rings. The first-order valence-electron chi connectivity index (χ1n) is 12.5. The van der Waals surface area contributed by atoms with Crippen molar-refractivity contribution in [3.05, 3.63) is 107 Å². The van der Waals surface area contributed by atoms with Gasteiger partial charge in [0.2, 0.25) is 11.7 Å². The predicted octanol–water partition coefficient (Wildman–Crippen LogP) is 8.22. The van der Waals surface area contributed by atoms with E-state index in [-0.39, 0.29) is 6.84 Å². The van der Waals surface area contributed by atoms with E-state index in [1.54, 1.807) is 30.6 Å². The Balaban J connectivity index is 0.00000560. The molecule has 2 aromatic rings. The summed E-state index contributed by atoms with van der Waals surface area (Å²) >= 11 is 0. The number of nitrogens with one attached hydrogen (secondary N) is 1. The van der Waals surface area contributed by atoms with Crippen LogP contribution in [0.5, 0.6) is 0 Å². The van der Waals surface area contributed by atoms with Crippen LogP contribution in [0.1, 0.15) is 48.9 Å². The van der Waals surface area contributed by atoms with Crippen LogP contribution in [0.3, 0.4) is 0 Å². The van der Waals surface area contributed by atoms with E-state index in [2.05, 4.69) is 36.4 Å². The zero-order valence-electron chi connectivity index (χ0n) is 22.6. The first kappa shape index (κ1) is 29.8. The first-order valence-corrected chi connectivity index (χ1v) is 12.5. The Labute approximate surface area is 226 Å². The van der Waals surface area contributed by atoms with Crippen molar-refractivity contribution >= 4 is 11.6 Å². The van der Waals surface area contributed by atoms with E-state index < -0.39 is 40.7 Å². The van der Waals surface area contributed by atoms with Gasteiger partial charge in [-0.15, -0.1) is 0 Å². The Bertz CT molecular complexity index is 1360. The lowest BCUT2D eigenvalue weighted by atomic mass is 9.68. The molecule has 0 aliphatic heterocycles. The standard InChI is InChI=1S/C30H32F5N3O.H2/c1-18(9-10-22-20(3)21(11-12-30(22,4)5)16-38-14-13-36-17-38)7-6-8-19(2)15-23(39)37-29-27(34)25(32)24(31)26(33)28(29)35;/h6-10,13-15,17,21H,11-12,16H2,1-5H3,(H,37,39);1H/b8-6+,10-9+,18-7+,19-15+;. The Morgan fingerprint density at radius 1 is 1.08 bits per heavy atom. The van der Waals surface area contributed by atoms with Gasteiger partial charge in [-0.3, -0.25) is 4.79 Å². The van der Waals surface area contributed by atoms with Crippen LogP contribution in [0.4, 0.5) is 27.6 Å². The third-order valence-electron chi connectivity index (χ3n) is 6.92. The molecule has 1 atom stereocenters. The topological polar surface area (TPSA) is 46.9 Å². The molecule has 0 spiro atoms. The molecule has 1 unspecified atom stereocenters. The fraction of sp³-hybridized carbons (Fsp3) is 0.333. The largest absolute Gasteiger partial charge is 0.337 e. The molecule has 1 heterocycles. The fourth-order valence-electron chi connectivity index (χ4n) is 4.63. The summed E-state index contributed by atoms with van der Waals surface area (Å²) in [6, 6.07) is 0. The third-order valence-corrected chi connectivity index (χ3v) is 6.92. The number of anilines is 1. The maximum absolute atomic E-state index is 13.8. The molecule has 0 bridgehead atoms. The molecule has 0 saturated carbocycles. The average molecular weight is 548 g/mol.